The highest BCUT2D eigenvalue weighted by Gasteiger charge is 2.04. The van der Waals surface area contributed by atoms with E-state index in [1.54, 1.807) is 0 Å². The lowest BCUT2D eigenvalue weighted by Gasteiger charge is -2.14. The van der Waals surface area contributed by atoms with Gasteiger partial charge in [-0.15, -0.1) is 0 Å². The highest BCUT2D eigenvalue weighted by molar-refractivity contribution is 6.30. The van der Waals surface area contributed by atoms with Crippen molar-refractivity contribution < 1.29 is 4.74 Å². The standard InChI is InChI=1S/C17H20ClNO/c1-3-12-19-13(2)14-4-8-16(9-5-14)20-17-10-6-15(18)7-11-17/h4-11,13,19H,3,12H2,1-2H3. The summed E-state index contributed by atoms with van der Waals surface area (Å²) in [6.07, 6.45) is 1.14. The Morgan fingerprint density at radius 2 is 1.55 bits per heavy atom. The van der Waals surface area contributed by atoms with Crippen LogP contribution in [0.15, 0.2) is 48.5 Å². The van der Waals surface area contributed by atoms with E-state index in [9.17, 15) is 0 Å². The molecule has 106 valence electrons. The van der Waals surface area contributed by atoms with Crippen LogP contribution in [0.25, 0.3) is 0 Å². The predicted molar refractivity (Wildman–Crippen MR) is 84.7 cm³/mol. The summed E-state index contributed by atoms with van der Waals surface area (Å²) < 4.78 is 5.77. The highest BCUT2D eigenvalue weighted by Crippen LogP contribution is 2.24. The summed E-state index contributed by atoms with van der Waals surface area (Å²) in [6, 6.07) is 15.9. The first-order valence-corrected chi connectivity index (χ1v) is 7.33. The van der Waals surface area contributed by atoms with Crippen LogP contribution < -0.4 is 10.1 Å². The van der Waals surface area contributed by atoms with Gasteiger partial charge in [0.15, 0.2) is 0 Å². The number of halogens is 1. The van der Waals surface area contributed by atoms with Crippen molar-refractivity contribution >= 4 is 11.6 Å². The number of hydrogen-bond acceptors (Lipinski definition) is 2. The summed E-state index contributed by atoms with van der Waals surface area (Å²) in [7, 11) is 0. The maximum Gasteiger partial charge on any atom is 0.127 e. The lowest BCUT2D eigenvalue weighted by atomic mass is 10.1. The van der Waals surface area contributed by atoms with Gasteiger partial charge in [0.25, 0.3) is 0 Å². The second-order valence-electron chi connectivity index (χ2n) is 4.80. The van der Waals surface area contributed by atoms with Crippen LogP contribution in [0.3, 0.4) is 0 Å². The third kappa shape index (κ3) is 4.26. The van der Waals surface area contributed by atoms with Crippen molar-refractivity contribution in [2.45, 2.75) is 26.3 Å². The molecule has 0 saturated carbocycles. The molecule has 0 amide bonds. The zero-order chi connectivity index (χ0) is 14.4. The topological polar surface area (TPSA) is 21.3 Å². The molecular formula is C17H20ClNO. The van der Waals surface area contributed by atoms with Gasteiger partial charge in [-0.25, -0.2) is 0 Å². The SMILES string of the molecule is CCCNC(C)c1ccc(Oc2ccc(Cl)cc2)cc1. The Bertz CT molecular complexity index is 522. The molecule has 2 nitrogen and oxygen atoms in total. The van der Waals surface area contributed by atoms with E-state index in [-0.39, 0.29) is 0 Å². The normalized spacial score (nSPS) is 12.2. The monoisotopic (exact) mass is 289 g/mol. The molecule has 2 rings (SSSR count). The van der Waals surface area contributed by atoms with Gasteiger partial charge in [-0.2, -0.15) is 0 Å². The van der Waals surface area contributed by atoms with Crippen LogP contribution in [0.1, 0.15) is 31.9 Å². The number of nitrogens with one attached hydrogen (secondary N) is 1. The van der Waals surface area contributed by atoms with Crippen LogP contribution in [0.5, 0.6) is 11.5 Å². The van der Waals surface area contributed by atoms with E-state index < -0.39 is 0 Å². The summed E-state index contributed by atoms with van der Waals surface area (Å²) >= 11 is 5.85. The second kappa shape index (κ2) is 7.32. The molecule has 1 unspecified atom stereocenters. The maximum absolute atomic E-state index is 5.85. The number of benzene rings is 2. The van der Waals surface area contributed by atoms with Gasteiger partial charge in [-0.3, -0.25) is 0 Å². The van der Waals surface area contributed by atoms with Crippen LogP contribution in [-0.4, -0.2) is 6.54 Å². The molecule has 0 aliphatic carbocycles. The van der Waals surface area contributed by atoms with Crippen LogP contribution >= 0.6 is 11.6 Å². The van der Waals surface area contributed by atoms with E-state index in [4.69, 9.17) is 16.3 Å². The van der Waals surface area contributed by atoms with Gasteiger partial charge in [0.2, 0.25) is 0 Å². The van der Waals surface area contributed by atoms with Crippen molar-refractivity contribution in [2.75, 3.05) is 6.54 Å². The quantitative estimate of drug-likeness (QED) is 0.790. The fourth-order valence-electron chi connectivity index (χ4n) is 1.94. The molecule has 1 N–H and O–H groups in total. The molecule has 2 aromatic rings. The van der Waals surface area contributed by atoms with E-state index in [2.05, 4.69) is 31.3 Å². The van der Waals surface area contributed by atoms with Gasteiger partial charge in [0.05, 0.1) is 0 Å². The molecule has 0 saturated heterocycles. The second-order valence-corrected chi connectivity index (χ2v) is 5.24. The first-order chi connectivity index (χ1) is 9.69. The highest BCUT2D eigenvalue weighted by atomic mass is 35.5. The molecule has 3 heteroatoms. The third-order valence-electron chi connectivity index (χ3n) is 3.13. The average Bonchev–Trinajstić information content (AvgIpc) is 2.48. The molecule has 0 aliphatic heterocycles. The summed E-state index contributed by atoms with van der Waals surface area (Å²) in [5, 5.41) is 4.18. The van der Waals surface area contributed by atoms with E-state index in [1.165, 1.54) is 5.56 Å². The zero-order valence-electron chi connectivity index (χ0n) is 11.9. The summed E-state index contributed by atoms with van der Waals surface area (Å²) in [6.45, 7) is 5.37. The van der Waals surface area contributed by atoms with Gasteiger partial charge >= 0.3 is 0 Å². The molecule has 0 aromatic heterocycles. The van der Waals surface area contributed by atoms with Gasteiger partial charge in [-0.05, 0) is 61.9 Å². The van der Waals surface area contributed by atoms with Crippen molar-refractivity contribution in [1.82, 2.24) is 5.32 Å². The van der Waals surface area contributed by atoms with E-state index >= 15 is 0 Å². The smallest absolute Gasteiger partial charge is 0.127 e. The molecule has 2 aromatic carbocycles. The van der Waals surface area contributed by atoms with Gasteiger partial charge in [-0.1, -0.05) is 30.7 Å². The fraction of sp³-hybridized carbons (Fsp3) is 0.294. The molecule has 20 heavy (non-hydrogen) atoms. The van der Waals surface area contributed by atoms with E-state index in [0.29, 0.717) is 11.1 Å². The van der Waals surface area contributed by atoms with Gasteiger partial charge in [0, 0.05) is 11.1 Å². The van der Waals surface area contributed by atoms with Crippen molar-refractivity contribution in [3.05, 3.63) is 59.1 Å². The molecule has 0 aliphatic rings. The number of ether oxygens (including phenoxy) is 1. The van der Waals surface area contributed by atoms with Crippen LogP contribution in [-0.2, 0) is 0 Å². The van der Waals surface area contributed by atoms with Gasteiger partial charge < -0.3 is 10.1 Å². The first-order valence-electron chi connectivity index (χ1n) is 6.96. The first kappa shape index (κ1) is 14.9. The van der Waals surface area contributed by atoms with Crippen molar-refractivity contribution in [3.63, 3.8) is 0 Å². The molecule has 1 atom stereocenters. The Morgan fingerprint density at radius 1 is 1.00 bits per heavy atom. The molecule has 0 bridgehead atoms. The van der Waals surface area contributed by atoms with Crippen molar-refractivity contribution in [2.24, 2.45) is 0 Å². The Hall–Kier alpha value is -1.51. The largest absolute Gasteiger partial charge is 0.457 e. The molecule has 0 radical (unpaired) electrons. The Kier molecular flexibility index (Phi) is 5.45. The summed E-state index contributed by atoms with van der Waals surface area (Å²) in [5.74, 6) is 1.62. The minimum atomic E-state index is 0.361. The van der Waals surface area contributed by atoms with Crippen LogP contribution in [0.2, 0.25) is 5.02 Å². The number of rotatable bonds is 6. The minimum absolute atomic E-state index is 0.361. The average molecular weight is 290 g/mol. The van der Waals surface area contributed by atoms with Crippen LogP contribution in [0.4, 0.5) is 0 Å². The zero-order valence-corrected chi connectivity index (χ0v) is 12.7. The molecule has 0 fully saturated rings. The summed E-state index contributed by atoms with van der Waals surface area (Å²) in [4.78, 5) is 0. The van der Waals surface area contributed by atoms with Crippen molar-refractivity contribution in [3.8, 4) is 11.5 Å². The Morgan fingerprint density at radius 3 is 2.10 bits per heavy atom. The van der Waals surface area contributed by atoms with E-state index in [1.807, 2.05) is 36.4 Å². The van der Waals surface area contributed by atoms with Crippen molar-refractivity contribution in [1.29, 1.82) is 0 Å². The lowest BCUT2D eigenvalue weighted by Crippen LogP contribution is -2.19. The predicted octanol–water partition coefficient (Wildman–Crippen LogP) is 5.19. The number of hydrogen-bond donors (Lipinski definition) is 1. The summed E-state index contributed by atoms with van der Waals surface area (Å²) in [5.41, 5.74) is 1.27. The molecule has 0 spiro atoms. The molecular weight excluding hydrogens is 270 g/mol. The fourth-order valence-corrected chi connectivity index (χ4v) is 2.07. The Balaban J connectivity index is 1.99. The third-order valence-corrected chi connectivity index (χ3v) is 3.38. The maximum atomic E-state index is 5.85. The molecule has 0 heterocycles. The van der Waals surface area contributed by atoms with E-state index in [0.717, 1.165) is 24.5 Å². The van der Waals surface area contributed by atoms with Gasteiger partial charge in [0.1, 0.15) is 11.5 Å². The Labute approximate surface area is 125 Å². The lowest BCUT2D eigenvalue weighted by molar-refractivity contribution is 0.481. The van der Waals surface area contributed by atoms with Crippen LogP contribution in [0, 0.1) is 0 Å². The minimum Gasteiger partial charge on any atom is -0.457 e.